The number of hydrogen-bond donors (Lipinski definition) is 0. The van der Waals surface area contributed by atoms with Crippen LogP contribution in [0.25, 0.3) is 0 Å². The normalized spacial score (nSPS) is 10.2. The molecule has 7 heteroatoms. The molecule has 0 fully saturated rings. The van der Waals surface area contributed by atoms with Crippen molar-refractivity contribution in [1.29, 1.82) is 0 Å². The molecule has 0 spiro atoms. The van der Waals surface area contributed by atoms with E-state index in [0.29, 0.717) is 28.2 Å². The largest absolute Gasteiger partial charge is 0.266 e. The Kier molecular flexibility index (Phi) is 5.36. The summed E-state index contributed by atoms with van der Waals surface area (Å²) in [4.78, 5) is 3.93. The number of nitrogens with zero attached hydrogens (tertiary/aromatic N) is 2. The molecule has 0 aliphatic rings. The minimum Gasteiger partial charge on any atom is -0.207 e. The average molecular weight is 257 g/mol. The summed E-state index contributed by atoms with van der Waals surface area (Å²) in [7, 11) is 0. The standard InChI is InChI=1S/C7H7ClF2N2S2/c8-7-11-6(12-14-7)4-13-3-1-2-5(9)10/h2H,1,3-4H2. The van der Waals surface area contributed by atoms with Gasteiger partial charge in [-0.2, -0.15) is 24.9 Å². The van der Waals surface area contributed by atoms with Crippen molar-refractivity contribution in [3.05, 3.63) is 22.4 Å². The lowest BCUT2D eigenvalue weighted by Crippen LogP contribution is -1.84. The lowest BCUT2D eigenvalue weighted by molar-refractivity contribution is 0.418. The Morgan fingerprint density at radius 2 is 2.36 bits per heavy atom. The molecule has 0 saturated heterocycles. The first-order valence-electron chi connectivity index (χ1n) is 3.75. The molecule has 0 amide bonds. The first-order valence-corrected chi connectivity index (χ1v) is 6.06. The van der Waals surface area contributed by atoms with Gasteiger partial charge in [-0.3, -0.25) is 0 Å². The van der Waals surface area contributed by atoms with Crippen molar-refractivity contribution in [2.45, 2.75) is 12.2 Å². The van der Waals surface area contributed by atoms with Gasteiger partial charge in [0.15, 0.2) is 5.82 Å². The molecule has 0 atom stereocenters. The van der Waals surface area contributed by atoms with Crippen molar-refractivity contribution in [3.63, 3.8) is 0 Å². The fourth-order valence-corrected chi connectivity index (χ4v) is 2.16. The van der Waals surface area contributed by atoms with Gasteiger partial charge in [-0.25, -0.2) is 4.98 Å². The second kappa shape index (κ2) is 6.31. The number of thioether (sulfide) groups is 1. The number of halogens is 3. The Bertz CT molecular complexity index is 312. The maximum atomic E-state index is 11.6. The molecule has 1 aromatic heterocycles. The maximum absolute atomic E-state index is 11.6. The summed E-state index contributed by atoms with van der Waals surface area (Å²) in [6, 6.07) is 0. The van der Waals surface area contributed by atoms with Crippen LogP contribution in [0.15, 0.2) is 12.2 Å². The zero-order chi connectivity index (χ0) is 10.4. The van der Waals surface area contributed by atoms with Gasteiger partial charge >= 0.3 is 0 Å². The summed E-state index contributed by atoms with van der Waals surface area (Å²) in [5.41, 5.74) is 0. The van der Waals surface area contributed by atoms with Gasteiger partial charge in [-0.05, 0) is 41.4 Å². The topological polar surface area (TPSA) is 25.8 Å². The summed E-state index contributed by atoms with van der Waals surface area (Å²) < 4.78 is 27.6. The summed E-state index contributed by atoms with van der Waals surface area (Å²) in [6.07, 6.45) is -0.347. The van der Waals surface area contributed by atoms with Crippen LogP contribution in [0.1, 0.15) is 12.2 Å². The van der Waals surface area contributed by atoms with Crippen molar-refractivity contribution in [3.8, 4) is 0 Å². The van der Waals surface area contributed by atoms with Crippen LogP contribution in [0.3, 0.4) is 0 Å². The van der Waals surface area contributed by atoms with Crippen LogP contribution in [-0.2, 0) is 5.75 Å². The number of aromatic nitrogens is 2. The minimum absolute atomic E-state index is 0.366. The van der Waals surface area contributed by atoms with Gasteiger partial charge in [-0.15, -0.1) is 0 Å². The summed E-state index contributed by atoms with van der Waals surface area (Å²) in [5, 5.41) is 0. The molecule has 2 nitrogen and oxygen atoms in total. The molecule has 0 radical (unpaired) electrons. The third-order valence-electron chi connectivity index (χ3n) is 1.24. The van der Waals surface area contributed by atoms with Crippen molar-refractivity contribution >= 4 is 34.9 Å². The monoisotopic (exact) mass is 256 g/mol. The lowest BCUT2D eigenvalue weighted by Gasteiger charge is -1.93. The van der Waals surface area contributed by atoms with E-state index in [-0.39, 0.29) is 0 Å². The van der Waals surface area contributed by atoms with E-state index in [1.165, 1.54) is 11.8 Å². The van der Waals surface area contributed by atoms with Gasteiger partial charge in [0.25, 0.3) is 6.08 Å². The second-order valence-electron chi connectivity index (χ2n) is 2.30. The molecule has 0 aliphatic carbocycles. The Hall–Kier alpha value is -0.200. The van der Waals surface area contributed by atoms with Crippen LogP contribution in [0, 0.1) is 0 Å². The van der Waals surface area contributed by atoms with Gasteiger partial charge in [0.2, 0.25) is 4.47 Å². The minimum atomic E-state index is -1.62. The molecule has 0 aromatic carbocycles. The molecule has 1 aromatic rings. The molecule has 0 N–H and O–H groups in total. The van der Waals surface area contributed by atoms with Gasteiger partial charge in [0.05, 0.1) is 5.75 Å². The predicted octanol–water partition coefficient (Wildman–Crippen LogP) is 3.60. The molecule has 78 valence electrons. The van der Waals surface area contributed by atoms with E-state index >= 15 is 0 Å². The molecule has 0 bridgehead atoms. The third-order valence-corrected chi connectivity index (χ3v) is 3.06. The van der Waals surface area contributed by atoms with Gasteiger partial charge in [-0.1, -0.05) is 0 Å². The summed E-state index contributed by atoms with van der Waals surface area (Å²) in [5.74, 6) is 1.91. The SMILES string of the molecule is FC(F)=CCCSCc1nsc(Cl)n1. The molecule has 1 heterocycles. The van der Waals surface area contributed by atoms with E-state index in [4.69, 9.17) is 11.6 Å². The van der Waals surface area contributed by atoms with E-state index < -0.39 is 6.08 Å². The highest BCUT2D eigenvalue weighted by Crippen LogP contribution is 2.16. The highest BCUT2D eigenvalue weighted by Gasteiger charge is 2.00. The van der Waals surface area contributed by atoms with Gasteiger partial charge in [0.1, 0.15) is 0 Å². The van der Waals surface area contributed by atoms with Crippen LogP contribution in [0.4, 0.5) is 8.78 Å². The van der Waals surface area contributed by atoms with Crippen LogP contribution in [0.2, 0.25) is 4.47 Å². The highest BCUT2D eigenvalue weighted by atomic mass is 35.5. The van der Waals surface area contributed by atoms with E-state index in [2.05, 4.69) is 9.36 Å². The van der Waals surface area contributed by atoms with E-state index in [9.17, 15) is 8.78 Å². The third kappa shape index (κ3) is 4.88. The Morgan fingerprint density at radius 3 is 2.93 bits per heavy atom. The summed E-state index contributed by atoms with van der Waals surface area (Å²) in [6.45, 7) is 0. The molecule has 0 unspecified atom stereocenters. The number of allylic oxidation sites excluding steroid dienone is 1. The van der Waals surface area contributed by atoms with Crippen LogP contribution in [-0.4, -0.2) is 15.1 Å². The molecule has 0 saturated carbocycles. The van der Waals surface area contributed by atoms with E-state index in [1.54, 1.807) is 0 Å². The number of hydrogen-bond acceptors (Lipinski definition) is 4. The fraction of sp³-hybridized carbons (Fsp3) is 0.429. The van der Waals surface area contributed by atoms with Crippen molar-refractivity contribution in [2.24, 2.45) is 0 Å². The molecule has 14 heavy (non-hydrogen) atoms. The maximum Gasteiger partial charge on any atom is 0.266 e. The average Bonchev–Trinajstić information content (AvgIpc) is 2.50. The highest BCUT2D eigenvalue weighted by molar-refractivity contribution is 7.98. The zero-order valence-corrected chi connectivity index (χ0v) is 9.43. The van der Waals surface area contributed by atoms with Gasteiger partial charge < -0.3 is 0 Å². The van der Waals surface area contributed by atoms with Crippen molar-refractivity contribution < 1.29 is 8.78 Å². The first-order chi connectivity index (χ1) is 6.68. The smallest absolute Gasteiger partial charge is 0.207 e. The predicted molar refractivity (Wildman–Crippen MR) is 56.0 cm³/mol. The van der Waals surface area contributed by atoms with Crippen LogP contribution < -0.4 is 0 Å². The quantitative estimate of drug-likeness (QED) is 0.753. The van der Waals surface area contributed by atoms with Crippen molar-refractivity contribution in [2.75, 3.05) is 5.75 Å². The lowest BCUT2D eigenvalue weighted by atomic mass is 10.5. The van der Waals surface area contributed by atoms with Crippen LogP contribution >= 0.6 is 34.9 Å². The number of rotatable bonds is 5. The Labute approximate surface area is 93.5 Å². The molecule has 1 rings (SSSR count). The Balaban J connectivity index is 2.13. The van der Waals surface area contributed by atoms with E-state index in [1.807, 2.05) is 0 Å². The first kappa shape index (κ1) is 11.9. The zero-order valence-electron chi connectivity index (χ0n) is 7.04. The van der Waals surface area contributed by atoms with E-state index in [0.717, 1.165) is 17.6 Å². The summed E-state index contributed by atoms with van der Waals surface area (Å²) >= 11 is 8.21. The fourth-order valence-electron chi connectivity index (χ4n) is 0.706. The molecular weight excluding hydrogens is 250 g/mol. The van der Waals surface area contributed by atoms with Crippen LogP contribution in [0.5, 0.6) is 0 Å². The molecule has 0 aliphatic heterocycles. The Morgan fingerprint density at radius 1 is 1.57 bits per heavy atom. The van der Waals surface area contributed by atoms with Gasteiger partial charge in [0, 0.05) is 0 Å². The second-order valence-corrected chi connectivity index (χ2v) is 4.74. The van der Waals surface area contributed by atoms with Crippen molar-refractivity contribution in [1.82, 2.24) is 9.36 Å². The molecular formula is C7H7ClF2N2S2.